The number of rotatable bonds is 2. The van der Waals surface area contributed by atoms with Crippen molar-refractivity contribution >= 4 is 20.8 Å². The maximum atomic E-state index is 6.24. The van der Waals surface area contributed by atoms with Crippen LogP contribution in [0.5, 0.6) is 0 Å². The maximum Gasteiger partial charge on any atom is 0.0664 e. The van der Waals surface area contributed by atoms with Gasteiger partial charge in [0.05, 0.1) is 10.7 Å². The van der Waals surface area contributed by atoms with Crippen LogP contribution in [0, 0.1) is 0 Å². The Morgan fingerprint density at radius 2 is 2.00 bits per heavy atom. The van der Waals surface area contributed by atoms with Crippen LogP contribution in [0.4, 0.5) is 0 Å². The summed E-state index contributed by atoms with van der Waals surface area (Å²) >= 11 is 6.24. The highest BCUT2D eigenvalue weighted by Gasteiger charge is 2.15. The van der Waals surface area contributed by atoms with Gasteiger partial charge in [0, 0.05) is 26.2 Å². The van der Waals surface area contributed by atoms with Crippen molar-refractivity contribution in [3.8, 4) is 0 Å². The van der Waals surface area contributed by atoms with Crippen LogP contribution in [-0.2, 0) is 0 Å². The van der Waals surface area contributed by atoms with Gasteiger partial charge in [0.2, 0.25) is 0 Å². The van der Waals surface area contributed by atoms with Gasteiger partial charge in [-0.2, -0.15) is 0 Å². The zero-order valence-corrected chi connectivity index (χ0v) is 10.7. The molecule has 1 saturated heterocycles. The first-order chi connectivity index (χ1) is 6.66. The topological polar surface area (TPSA) is 15.3 Å². The van der Waals surface area contributed by atoms with Crippen LogP contribution in [0.15, 0.2) is 22.1 Å². The Balaban J connectivity index is 2.76. The van der Waals surface area contributed by atoms with E-state index in [-0.39, 0.29) is 0 Å². The van der Waals surface area contributed by atoms with Gasteiger partial charge in [-0.05, 0) is 19.2 Å². The molecule has 0 spiro atoms. The molecule has 0 aromatic heterocycles. The first-order valence-electron chi connectivity index (χ1n) is 4.91. The van der Waals surface area contributed by atoms with E-state index in [0.29, 0.717) is 0 Å². The molecular weight excluding hydrogens is 215 g/mol. The molecule has 0 aromatic carbocycles. The highest BCUT2D eigenvalue weighted by atomic mass is 35.5. The fourth-order valence-corrected chi connectivity index (χ4v) is 1.93. The molecule has 80 valence electrons. The van der Waals surface area contributed by atoms with Crippen LogP contribution >= 0.6 is 20.8 Å². The summed E-state index contributed by atoms with van der Waals surface area (Å²) in [5, 5.41) is 5.28. The van der Waals surface area contributed by atoms with Gasteiger partial charge in [0.25, 0.3) is 0 Å². The van der Waals surface area contributed by atoms with Crippen molar-refractivity contribution < 1.29 is 0 Å². The van der Waals surface area contributed by atoms with Crippen LogP contribution in [0.3, 0.4) is 0 Å². The van der Waals surface area contributed by atoms with Crippen LogP contribution < -0.4 is 5.32 Å². The Bertz CT molecular complexity index is 251. The third kappa shape index (κ3) is 2.98. The lowest BCUT2D eigenvalue weighted by molar-refractivity contribution is 0.305. The molecule has 1 aliphatic rings. The van der Waals surface area contributed by atoms with Crippen molar-refractivity contribution in [3.63, 3.8) is 0 Å². The summed E-state index contributed by atoms with van der Waals surface area (Å²) in [6.07, 6.45) is 2.08. The van der Waals surface area contributed by atoms with Crippen LogP contribution in [0.25, 0.3) is 0 Å². The second-order valence-corrected chi connectivity index (χ2v) is 4.65. The Kier molecular flexibility index (Phi) is 4.94. The second kappa shape index (κ2) is 5.75. The quantitative estimate of drug-likeness (QED) is 0.580. The zero-order chi connectivity index (χ0) is 10.6. The first kappa shape index (κ1) is 12.0. The summed E-state index contributed by atoms with van der Waals surface area (Å²) in [6.45, 7) is 8.20. The Labute approximate surface area is 93.6 Å². The number of hydrogen-bond acceptors (Lipinski definition) is 2. The van der Waals surface area contributed by atoms with E-state index >= 15 is 0 Å². The summed E-state index contributed by atoms with van der Waals surface area (Å²) in [6, 6.07) is 0. The van der Waals surface area contributed by atoms with Crippen LogP contribution in [0.2, 0.25) is 0 Å². The minimum Gasteiger partial charge on any atom is -0.368 e. The highest BCUT2D eigenvalue weighted by molar-refractivity contribution is 7.22. The van der Waals surface area contributed by atoms with E-state index < -0.39 is 0 Å². The lowest BCUT2D eigenvalue weighted by Gasteiger charge is -2.31. The van der Waals surface area contributed by atoms with Gasteiger partial charge in [0.15, 0.2) is 0 Å². The smallest absolute Gasteiger partial charge is 0.0664 e. The number of hydrogen-bond donors (Lipinski definition) is 1. The van der Waals surface area contributed by atoms with E-state index in [1.165, 1.54) is 0 Å². The monoisotopic (exact) mass is 232 g/mol. The lowest BCUT2D eigenvalue weighted by Crippen LogP contribution is -2.42. The summed E-state index contributed by atoms with van der Waals surface area (Å²) < 4.78 is 0. The molecule has 0 saturated carbocycles. The average molecular weight is 233 g/mol. The van der Waals surface area contributed by atoms with Gasteiger partial charge < -0.3 is 10.2 Å². The van der Waals surface area contributed by atoms with E-state index in [0.717, 1.165) is 42.2 Å². The summed E-state index contributed by atoms with van der Waals surface area (Å²) in [5.74, 6) is 0. The SMILES string of the molecule is C/C=C(\C(Cl)=C(/C)P)N1CCNCC1. The third-order valence-corrected chi connectivity index (χ3v) is 3.27. The number of nitrogens with one attached hydrogen (secondary N) is 1. The molecule has 14 heavy (non-hydrogen) atoms. The molecule has 1 aliphatic heterocycles. The van der Waals surface area contributed by atoms with E-state index in [1.807, 2.05) is 13.8 Å². The molecule has 2 nitrogen and oxygen atoms in total. The minimum atomic E-state index is 0.861. The Morgan fingerprint density at radius 1 is 1.43 bits per heavy atom. The molecule has 1 fully saturated rings. The van der Waals surface area contributed by atoms with E-state index in [1.54, 1.807) is 0 Å². The van der Waals surface area contributed by atoms with Crippen molar-refractivity contribution in [3.05, 3.63) is 22.1 Å². The molecule has 1 atom stereocenters. The van der Waals surface area contributed by atoms with Crippen molar-refractivity contribution in [2.24, 2.45) is 0 Å². The standard InChI is InChI=1S/C10H18ClN2P/c1-3-9(10(11)8(2)14)13-6-4-12-5-7-13/h3,12H,4-7,14H2,1-2H3/b9-3+,10-8-. The summed E-state index contributed by atoms with van der Waals surface area (Å²) in [4.78, 5) is 2.33. The fourth-order valence-electron chi connectivity index (χ4n) is 1.56. The molecule has 0 radical (unpaired) electrons. The molecule has 1 heterocycles. The second-order valence-electron chi connectivity index (χ2n) is 3.41. The van der Waals surface area contributed by atoms with Crippen molar-refractivity contribution in [2.45, 2.75) is 13.8 Å². The lowest BCUT2D eigenvalue weighted by atomic mass is 10.2. The zero-order valence-electron chi connectivity index (χ0n) is 8.81. The molecular formula is C10H18ClN2P. The van der Waals surface area contributed by atoms with Crippen molar-refractivity contribution in [1.29, 1.82) is 0 Å². The number of halogens is 1. The first-order valence-corrected chi connectivity index (χ1v) is 5.86. The maximum absolute atomic E-state index is 6.24. The Hall–Kier alpha value is -0.0400. The van der Waals surface area contributed by atoms with Crippen LogP contribution in [0.1, 0.15) is 13.8 Å². The van der Waals surface area contributed by atoms with Gasteiger partial charge in [0.1, 0.15) is 0 Å². The largest absolute Gasteiger partial charge is 0.368 e. The normalized spacial score (nSPS) is 20.9. The van der Waals surface area contributed by atoms with Crippen molar-refractivity contribution in [1.82, 2.24) is 10.2 Å². The van der Waals surface area contributed by atoms with Gasteiger partial charge in [-0.25, -0.2) is 0 Å². The predicted octanol–water partition coefficient (Wildman–Crippen LogP) is 2.14. The van der Waals surface area contributed by atoms with Gasteiger partial charge in [-0.3, -0.25) is 0 Å². The van der Waals surface area contributed by atoms with E-state index in [2.05, 4.69) is 25.5 Å². The van der Waals surface area contributed by atoms with E-state index in [9.17, 15) is 0 Å². The molecule has 1 N–H and O–H groups in total. The average Bonchev–Trinajstić information content (AvgIpc) is 2.20. The Morgan fingerprint density at radius 3 is 2.43 bits per heavy atom. The molecule has 0 aliphatic carbocycles. The number of allylic oxidation sites excluding steroid dienone is 3. The number of piperazine rings is 1. The summed E-state index contributed by atoms with van der Waals surface area (Å²) in [7, 11) is 2.66. The summed E-state index contributed by atoms with van der Waals surface area (Å²) in [5.41, 5.74) is 1.15. The molecule has 1 rings (SSSR count). The highest BCUT2D eigenvalue weighted by Crippen LogP contribution is 2.25. The minimum absolute atomic E-state index is 0.861. The molecule has 0 amide bonds. The van der Waals surface area contributed by atoms with Crippen molar-refractivity contribution in [2.75, 3.05) is 26.2 Å². The van der Waals surface area contributed by atoms with E-state index in [4.69, 9.17) is 11.6 Å². The molecule has 1 unspecified atom stereocenters. The fraction of sp³-hybridized carbons (Fsp3) is 0.600. The molecule has 0 aromatic rings. The van der Waals surface area contributed by atoms with Gasteiger partial charge in [-0.15, -0.1) is 9.24 Å². The third-order valence-electron chi connectivity index (χ3n) is 2.30. The van der Waals surface area contributed by atoms with Crippen LogP contribution in [-0.4, -0.2) is 31.1 Å². The van der Waals surface area contributed by atoms with Gasteiger partial charge in [-0.1, -0.05) is 17.7 Å². The molecule has 0 bridgehead atoms. The predicted molar refractivity (Wildman–Crippen MR) is 66.5 cm³/mol. The molecule has 4 heteroatoms. The number of nitrogens with zero attached hydrogens (tertiary/aromatic N) is 1. The van der Waals surface area contributed by atoms with Gasteiger partial charge >= 0.3 is 0 Å².